The van der Waals surface area contributed by atoms with Crippen LogP contribution in [0.3, 0.4) is 0 Å². The molecule has 19 heavy (non-hydrogen) atoms. The van der Waals surface area contributed by atoms with Crippen LogP contribution in [-0.2, 0) is 9.47 Å². The van der Waals surface area contributed by atoms with Crippen LogP contribution in [0.5, 0.6) is 0 Å². The molecule has 1 aliphatic rings. The normalized spacial score (nSPS) is 13.9. The van der Waals surface area contributed by atoms with E-state index in [9.17, 15) is 20.2 Å². The van der Waals surface area contributed by atoms with Crippen molar-refractivity contribution in [1.82, 2.24) is 5.32 Å². The molecule has 1 heterocycles. The molecule has 0 atom stereocenters. The number of aliphatic imine (C=N–C) groups is 2. The number of hydrogen-bond donors (Lipinski definition) is 1. The molecule has 0 radical (unpaired) electrons. The fraction of sp³-hybridized carbons (Fsp3) is 0.500. The van der Waals surface area contributed by atoms with Gasteiger partial charge in [0.25, 0.3) is 11.8 Å². The highest BCUT2D eigenvalue weighted by Crippen LogP contribution is 2.10. The summed E-state index contributed by atoms with van der Waals surface area (Å²) in [7, 11) is 0. The molecule has 0 aliphatic carbocycles. The summed E-state index contributed by atoms with van der Waals surface area (Å²) in [6.45, 7) is 3.71. The highest BCUT2D eigenvalue weighted by atomic mass is 16.7. The molecule has 11 heteroatoms. The average molecular weight is 273 g/mol. The lowest BCUT2D eigenvalue weighted by atomic mass is 10.6. The van der Waals surface area contributed by atoms with E-state index in [1.54, 1.807) is 13.8 Å². The molecule has 0 saturated carbocycles. The predicted octanol–water partition coefficient (Wildman–Crippen LogP) is 0.0546. The summed E-state index contributed by atoms with van der Waals surface area (Å²) >= 11 is 0. The first kappa shape index (κ1) is 14.3. The van der Waals surface area contributed by atoms with Crippen LogP contribution < -0.4 is 5.32 Å². The van der Waals surface area contributed by atoms with Crippen LogP contribution in [0.15, 0.2) is 21.6 Å². The van der Waals surface area contributed by atoms with Crippen LogP contribution >= 0.6 is 0 Å². The molecule has 0 unspecified atom stereocenters. The Balaban J connectivity index is 3.21. The predicted molar refractivity (Wildman–Crippen MR) is 62.3 cm³/mol. The zero-order chi connectivity index (χ0) is 14.4. The topological polar surface area (TPSA) is 141 Å². The number of rotatable bonds is 4. The van der Waals surface area contributed by atoms with Gasteiger partial charge in [-0.1, -0.05) is 0 Å². The Hall–Kier alpha value is -2.72. The van der Waals surface area contributed by atoms with E-state index in [0.717, 1.165) is 0 Å². The standard InChI is InChI=1S/C8H11N5O6/c1-3-18-7-9-5(6(12(14)15)13(16)17)10-8(11-7)19-4-2/h3-4H2,1-2H3,(H,9,10,11). The lowest BCUT2D eigenvalue weighted by Gasteiger charge is -2.13. The summed E-state index contributed by atoms with van der Waals surface area (Å²) in [5.41, 5.74) is 0. The van der Waals surface area contributed by atoms with E-state index in [4.69, 9.17) is 9.47 Å². The summed E-state index contributed by atoms with van der Waals surface area (Å²) < 4.78 is 9.96. The number of nitrogens with zero attached hydrogens (tertiary/aromatic N) is 4. The molecule has 1 aliphatic heterocycles. The van der Waals surface area contributed by atoms with E-state index in [1.165, 1.54) is 0 Å². The van der Waals surface area contributed by atoms with Crippen molar-refractivity contribution in [2.24, 2.45) is 9.98 Å². The molecule has 0 aromatic carbocycles. The quantitative estimate of drug-likeness (QED) is 0.563. The largest absolute Gasteiger partial charge is 0.602 e. The number of amidine groups is 2. The van der Waals surface area contributed by atoms with Crippen molar-refractivity contribution in [3.8, 4) is 0 Å². The molecule has 0 aromatic rings. The van der Waals surface area contributed by atoms with Crippen molar-refractivity contribution in [3.05, 3.63) is 31.9 Å². The van der Waals surface area contributed by atoms with Gasteiger partial charge in [0.2, 0.25) is 0 Å². The van der Waals surface area contributed by atoms with Crippen LogP contribution in [0.4, 0.5) is 0 Å². The lowest BCUT2D eigenvalue weighted by Crippen LogP contribution is -2.33. The first-order valence-corrected chi connectivity index (χ1v) is 5.22. The third-order valence-electron chi connectivity index (χ3n) is 1.74. The van der Waals surface area contributed by atoms with Crippen molar-refractivity contribution < 1.29 is 19.3 Å². The third kappa shape index (κ3) is 3.62. The Morgan fingerprint density at radius 2 is 1.74 bits per heavy atom. The fourth-order valence-corrected chi connectivity index (χ4v) is 1.11. The van der Waals surface area contributed by atoms with Crippen LogP contribution in [-0.4, -0.2) is 35.1 Å². The van der Waals surface area contributed by atoms with E-state index < -0.39 is 21.5 Å². The zero-order valence-corrected chi connectivity index (χ0v) is 10.2. The van der Waals surface area contributed by atoms with Gasteiger partial charge in [-0.2, -0.15) is 4.99 Å². The fourth-order valence-electron chi connectivity index (χ4n) is 1.11. The highest BCUT2D eigenvalue weighted by Gasteiger charge is 2.36. The molecular formula is C8H11N5O6. The Labute approximate surface area is 106 Å². The number of nitrogens with one attached hydrogen (secondary N) is 1. The maximum Gasteiger partial charge on any atom is 0.602 e. The SMILES string of the molecule is CCOC1=NC(=C([N+](=O)[O-])[N+](=O)[O-])NC(OCC)=N1. The summed E-state index contributed by atoms with van der Waals surface area (Å²) in [5.74, 6) is -1.92. The summed E-state index contributed by atoms with van der Waals surface area (Å²) in [6.07, 6.45) is 0. The van der Waals surface area contributed by atoms with Crippen molar-refractivity contribution >= 4 is 12.0 Å². The first-order chi connectivity index (χ1) is 8.99. The second-order valence-electron chi connectivity index (χ2n) is 2.99. The van der Waals surface area contributed by atoms with Crippen molar-refractivity contribution in [2.75, 3.05) is 13.2 Å². The van der Waals surface area contributed by atoms with E-state index in [-0.39, 0.29) is 25.3 Å². The van der Waals surface area contributed by atoms with Crippen LogP contribution in [0.2, 0.25) is 0 Å². The second kappa shape index (κ2) is 6.28. The molecule has 11 nitrogen and oxygen atoms in total. The Bertz CT molecular complexity index is 466. The van der Waals surface area contributed by atoms with Gasteiger partial charge in [-0.3, -0.25) is 25.5 Å². The van der Waals surface area contributed by atoms with Gasteiger partial charge in [0.1, 0.15) is 9.85 Å². The highest BCUT2D eigenvalue weighted by molar-refractivity contribution is 5.92. The monoisotopic (exact) mass is 273 g/mol. The number of hydrogen-bond acceptors (Lipinski definition) is 9. The summed E-state index contributed by atoms with van der Waals surface area (Å²) in [5, 5.41) is 23.6. The van der Waals surface area contributed by atoms with Gasteiger partial charge >= 0.3 is 11.8 Å². The molecule has 0 saturated heterocycles. The molecule has 0 aromatic heterocycles. The lowest BCUT2D eigenvalue weighted by molar-refractivity contribution is -0.617. The molecule has 0 bridgehead atoms. The van der Waals surface area contributed by atoms with Crippen molar-refractivity contribution in [2.45, 2.75) is 13.8 Å². The minimum Gasteiger partial charge on any atom is -0.465 e. The number of ether oxygens (including phenoxy) is 2. The van der Waals surface area contributed by atoms with Gasteiger partial charge in [-0.05, 0) is 13.8 Å². The summed E-state index contributed by atoms with van der Waals surface area (Å²) in [6, 6.07) is -0.405. The van der Waals surface area contributed by atoms with Crippen LogP contribution in [0, 0.1) is 20.2 Å². The Morgan fingerprint density at radius 3 is 2.21 bits per heavy atom. The van der Waals surface area contributed by atoms with Gasteiger partial charge in [0.15, 0.2) is 0 Å². The molecular weight excluding hydrogens is 262 g/mol. The zero-order valence-electron chi connectivity index (χ0n) is 10.2. The molecule has 0 amide bonds. The first-order valence-electron chi connectivity index (χ1n) is 5.22. The molecule has 0 fully saturated rings. The minimum atomic E-state index is -1.32. The number of nitro groups is 2. The molecule has 0 spiro atoms. The van der Waals surface area contributed by atoms with Crippen LogP contribution in [0.25, 0.3) is 0 Å². The minimum absolute atomic E-state index is 0.155. The van der Waals surface area contributed by atoms with Crippen molar-refractivity contribution in [1.29, 1.82) is 0 Å². The van der Waals surface area contributed by atoms with Gasteiger partial charge in [0, 0.05) is 0 Å². The smallest absolute Gasteiger partial charge is 0.465 e. The van der Waals surface area contributed by atoms with E-state index in [2.05, 4.69) is 15.3 Å². The third-order valence-corrected chi connectivity index (χ3v) is 1.74. The average Bonchev–Trinajstić information content (AvgIpc) is 2.28. The van der Waals surface area contributed by atoms with E-state index in [0.29, 0.717) is 0 Å². The van der Waals surface area contributed by atoms with Crippen molar-refractivity contribution in [3.63, 3.8) is 0 Å². The van der Waals surface area contributed by atoms with E-state index in [1.807, 2.05) is 0 Å². The Morgan fingerprint density at radius 1 is 1.16 bits per heavy atom. The van der Waals surface area contributed by atoms with Gasteiger partial charge in [0.05, 0.1) is 13.2 Å². The summed E-state index contributed by atoms with van der Waals surface area (Å²) in [4.78, 5) is 26.3. The maximum absolute atomic E-state index is 10.6. The maximum atomic E-state index is 10.6. The van der Waals surface area contributed by atoms with Gasteiger partial charge in [-0.15, -0.1) is 4.99 Å². The van der Waals surface area contributed by atoms with Crippen LogP contribution in [0.1, 0.15) is 13.8 Å². The molecule has 1 rings (SSSR count). The van der Waals surface area contributed by atoms with E-state index >= 15 is 0 Å². The van der Waals surface area contributed by atoms with Gasteiger partial charge in [-0.25, -0.2) is 0 Å². The van der Waals surface area contributed by atoms with Gasteiger partial charge < -0.3 is 9.47 Å². The Kier molecular flexibility index (Phi) is 4.74. The molecule has 104 valence electrons. The molecule has 1 N–H and O–H groups in total. The second-order valence-corrected chi connectivity index (χ2v) is 2.99.